The van der Waals surface area contributed by atoms with Gasteiger partial charge in [-0.1, -0.05) is 13.0 Å². The number of fused-ring (bicyclic) bond motifs is 1. The third kappa shape index (κ3) is 2.81. The Morgan fingerprint density at radius 3 is 2.95 bits per heavy atom. The normalized spacial score (nSPS) is 17.0. The van der Waals surface area contributed by atoms with Gasteiger partial charge in [0.15, 0.2) is 0 Å². The van der Waals surface area contributed by atoms with Gasteiger partial charge in [0.25, 0.3) is 0 Å². The van der Waals surface area contributed by atoms with E-state index in [4.69, 9.17) is 4.74 Å². The van der Waals surface area contributed by atoms with Gasteiger partial charge in [-0.05, 0) is 55.5 Å². The van der Waals surface area contributed by atoms with Crippen molar-refractivity contribution < 1.29 is 9.84 Å². The molecule has 1 aliphatic rings. The zero-order chi connectivity index (χ0) is 14.8. The van der Waals surface area contributed by atoms with Gasteiger partial charge in [-0.2, -0.15) is 5.10 Å². The third-order valence-electron chi connectivity index (χ3n) is 4.12. The number of hydrogen-bond acceptors (Lipinski definition) is 3. The van der Waals surface area contributed by atoms with Crippen molar-refractivity contribution in [1.82, 2.24) is 9.78 Å². The van der Waals surface area contributed by atoms with E-state index in [1.807, 2.05) is 16.8 Å². The molecule has 0 fully saturated rings. The number of aliphatic hydroxyl groups excluding tert-OH is 1. The molecule has 4 nitrogen and oxygen atoms in total. The SMILES string of the molecule is CCc1cc(COc2ccc3c(c2)CC[C@H]3O)n(CC)n1. The van der Waals surface area contributed by atoms with E-state index in [9.17, 15) is 5.11 Å². The first-order chi connectivity index (χ1) is 10.2. The first-order valence-corrected chi connectivity index (χ1v) is 7.70. The zero-order valence-corrected chi connectivity index (χ0v) is 12.7. The molecule has 1 aromatic heterocycles. The molecule has 0 aliphatic heterocycles. The Bertz CT molecular complexity index is 634. The van der Waals surface area contributed by atoms with E-state index in [0.717, 1.165) is 48.5 Å². The van der Waals surface area contributed by atoms with Crippen LogP contribution in [0.2, 0.25) is 0 Å². The fourth-order valence-corrected chi connectivity index (χ4v) is 2.90. The van der Waals surface area contributed by atoms with Gasteiger partial charge in [0, 0.05) is 6.54 Å². The van der Waals surface area contributed by atoms with Crippen LogP contribution in [-0.2, 0) is 26.0 Å². The number of aryl methyl sites for hydroxylation is 3. The number of rotatable bonds is 5. The number of benzene rings is 1. The summed E-state index contributed by atoms with van der Waals surface area (Å²) in [6.45, 7) is 5.59. The molecule has 112 valence electrons. The van der Waals surface area contributed by atoms with Crippen LogP contribution in [0.5, 0.6) is 5.75 Å². The minimum absolute atomic E-state index is 0.303. The molecule has 0 spiro atoms. The molecule has 1 N–H and O–H groups in total. The van der Waals surface area contributed by atoms with Crippen LogP contribution in [0.25, 0.3) is 0 Å². The Kier molecular flexibility index (Phi) is 3.97. The molecule has 1 atom stereocenters. The van der Waals surface area contributed by atoms with Gasteiger partial charge >= 0.3 is 0 Å². The Morgan fingerprint density at radius 1 is 1.33 bits per heavy atom. The second kappa shape index (κ2) is 5.90. The van der Waals surface area contributed by atoms with Gasteiger partial charge in [0.05, 0.1) is 17.5 Å². The standard InChI is InChI=1S/C17H22N2O2/c1-3-13-10-14(19(4-2)18-13)11-21-15-6-7-16-12(9-15)5-8-17(16)20/h6-7,9-10,17,20H,3-5,8,11H2,1-2H3/t17-/m1/s1. The number of aromatic nitrogens is 2. The van der Waals surface area contributed by atoms with E-state index in [2.05, 4.69) is 31.1 Å². The maximum Gasteiger partial charge on any atom is 0.130 e. The Labute approximate surface area is 125 Å². The van der Waals surface area contributed by atoms with Crippen LogP contribution in [0.1, 0.15) is 48.9 Å². The van der Waals surface area contributed by atoms with Crippen LogP contribution in [0.3, 0.4) is 0 Å². The highest BCUT2D eigenvalue weighted by Crippen LogP contribution is 2.33. The summed E-state index contributed by atoms with van der Waals surface area (Å²) in [5.41, 5.74) is 4.47. The first-order valence-electron chi connectivity index (χ1n) is 7.70. The molecule has 0 saturated carbocycles. The molecular formula is C17H22N2O2. The van der Waals surface area contributed by atoms with E-state index < -0.39 is 0 Å². The summed E-state index contributed by atoms with van der Waals surface area (Å²) in [7, 11) is 0. The molecular weight excluding hydrogens is 264 g/mol. The molecule has 0 unspecified atom stereocenters. The summed E-state index contributed by atoms with van der Waals surface area (Å²) in [5, 5.41) is 14.4. The Morgan fingerprint density at radius 2 is 2.19 bits per heavy atom. The molecule has 21 heavy (non-hydrogen) atoms. The molecule has 1 heterocycles. The lowest BCUT2D eigenvalue weighted by Crippen LogP contribution is -2.06. The fourth-order valence-electron chi connectivity index (χ4n) is 2.90. The van der Waals surface area contributed by atoms with Crippen molar-refractivity contribution in [3.8, 4) is 5.75 Å². The second-order valence-electron chi connectivity index (χ2n) is 5.50. The van der Waals surface area contributed by atoms with Crippen LogP contribution < -0.4 is 4.74 Å². The van der Waals surface area contributed by atoms with E-state index >= 15 is 0 Å². The predicted molar refractivity (Wildman–Crippen MR) is 81.3 cm³/mol. The molecule has 0 saturated heterocycles. The van der Waals surface area contributed by atoms with Crippen molar-refractivity contribution >= 4 is 0 Å². The van der Waals surface area contributed by atoms with Crippen LogP contribution in [0.15, 0.2) is 24.3 Å². The average molecular weight is 286 g/mol. The molecule has 4 heteroatoms. The quantitative estimate of drug-likeness (QED) is 0.919. The number of hydrogen-bond donors (Lipinski definition) is 1. The third-order valence-corrected chi connectivity index (χ3v) is 4.12. The van der Waals surface area contributed by atoms with E-state index in [0.29, 0.717) is 6.61 Å². The highest BCUT2D eigenvalue weighted by Gasteiger charge is 2.20. The van der Waals surface area contributed by atoms with Gasteiger partial charge in [-0.25, -0.2) is 0 Å². The average Bonchev–Trinajstić information content (AvgIpc) is 3.08. The number of nitrogens with zero attached hydrogens (tertiary/aromatic N) is 2. The summed E-state index contributed by atoms with van der Waals surface area (Å²) in [5.74, 6) is 0.866. The van der Waals surface area contributed by atoms with Crippen molar-refractivity contribution in [2.45, 2.75) is 52.4 Å². The number of aliphatic hydroxyl groups is 1. The predicted octanol–water partition coefficient (Wildman–Crippen LogP) is 3.02. The zero-order valence-electron chi connectivity index (χ0n) is 12.7. The minimum Gasteiger partial charge on any atom is -0.487 e. The molecule has 0 radical (unpaired) electrons. The molecule has 0 amide bonds. The van der Waals surface area contributed by atoms with Crippen molar-refractivity contribution in [1.29, 1.82) is 0 Å². The van der Waals surface area contributed by atoms with E-state index in [1.165, 1.54) is 5.56 Å². The van der Waals surface area contributed by atoms with Gasteiger partial charge in [0.2, 0.25) is 0 Å². The van der Waals surface area contributed by atoms with Crippen molar-refractivity contribution in [3.63, 3.8) is 0 Å². The first kappa shape index (κ1) is 14.1. The Balaban J connectivity index is 1.72. The van der Waals surface area contributed by atoms with Crippen molar-refractivity contribution in [3.05, 3.63) is 46.8 Å². The topological polar surface area (TPSA) is 47.3 Å². The number of ether oxygens (including phenoxy) is 1. The lowest BCUT2D eigenvalue weighted by atomic mass is 10.1. The van der Waals surface area contributed by atoms with Crippen LogP contribution in [-0.4, -0.2) is 14.9 Å². The highest BCUT2D eigenvalue weighted by molar-refractivity contribution is 5.39. The molecule has 2 aromatic rings. The van der Waals surface area contributed by atoms with Gasteiger partial charge in [-0.3, -0.25) is 4.68 Å². The Hall–Kier alpha value is -1.81. The largest absolute Gasteiger partial charge is 0.487 e. The minimum atomic E-state index is -0.303. The smallest absolute Gasteiger partial charge is 0.130 e. The fraction of sp³-hybridized carbons (Fsp3) is 0.471. The van der Waals surface area contributed by atoms with E-state index in [-0.39, 0.29) is 6.10 Å². The second-order valence-corrected chi connectivity index (χ2v) is 5.50. The van der Waals surface area contributed by atoms with Crippen LogP contribution >= 0.6 is 0 Å². The monoisotopic (exact) mass is 286 g/mol. The molecule has 1 aliphatic carbocycles. The maximum atomic E-state index is 9.83. The summed E-state index contributed by atoms with van der Waals surface area (Å²) in [6.07, 6.45) is 2.39. The molecule has 3 rings (SSSR count). The molecule has 0 bridgehead atoms. The van der Waals surface area contributed by atoms with E-state index in [1.54, 1.807) is 0 Å². The lowest BCUT2D eigenvalue weighted by molar-refractivity contribution is 0.180. The van der Waals surface area contributed by atoms with Gasteiger partial charge < -0.3 is 9.84 Å². The summed E-state index contributed by atoms with van der Waals surface area (Å²) < 4.78 is 7.91. The maximum absolute atomic E-state index is 9.83. The van der Waals surface area contributed by atoms with Crippen molar-refractivity contribution in [2.24, 2.45) is 0 Å². The summed E-state index contributed by atoms with van der Waals surface area (Å²) in [6, 6.07) is 8.09. The van der Waals surface area contributed by atoms with Crippen LogP contribution in [0, 0.1) is 0 Å². The van der Waals surface area contributed by atoms with Crippen LogP contribution in [0.4, 0.5) is 0 Å². The summed E-state index contributed by atoms with van der Waals surface area (Å²) in [4.78, 5) is 0. The van der Waals surface area contributed by atoms with Gasteiger partial charge in [-0.15, -0.1) is 0 Å². The van der Waals surface area contributed by atoms with Crippen molar-refractivity contribution in [2.75, 3.05) is 0 Å². The lowest BCUT2D eigenvalue weighted by Gasteiger charge is -2.10. The summed E-state index contributed by atoms with van der Waals surface area (Å²) >= 11 is 0. The molecule has 1 aromatic carbocycles. The van der Waals surface area contributed by atoms with Gasteiger partial charge in [0.1, 0.15) is 12.4 Å². The highest BCUT2D eigenvalue weighted by atomic mass is 16.5.